The number of nitrogen functional groups attached to an aromatic ring is 1. The van der Waals surface area contributed by atoms with Gasteiger partial charge in [0.05, 0.1) is 0 Å². The lowest BCUT2D eigenvalue weighted by molar-refractivity contribution is 0.546. The number of hydrogen-bond donors (Lipinski definition) is 2. The molecule has 1 aromatic heterocycles. The molecular formula is C14H24N4. The van der Waals surface area contributed by atoms with Crippen LogP contribution in [-0.2, 0) is 5.41 Å². The Labute approximate surface area is 109 Å². The van der Waals surface area contributed by atoms with Crippen LogP contribution in [0.2, 0.25) is 0 Å². The third-order valence-electron chi connectivity index (χ3n) is 3.66. The minimum atomic E-state index is -0.0783. The first-order valence-electron chi connectivity index (χ1n) is 6.67. The van der Waals surface area contributed by atoms with Gasteiger partial charge in [0.1, 0.15) is 17.5 Å². The molecular weight excluding hydrogens is 224 g/mol. The van der Waals surface area contributed by atoms with E-state index in [-0.39, 0.29) is 5.41 Å². The second-order valence-electron chi connectivity index (χ2n) is 6.51. The summed E-state index contributed by atoms with van der Waals surface area (Å²) in [5.41, 5.74) is 6.85. The molecule has 3 N–H and O–H groups in total. The van der Waals surface area contributed by atoms with Gasteiger partial charge < -0.3 is 11.1 Å². The van der Waals surface area contributed by atoms with Crippen molar-refractivity contribution < 1.29 is 0 Å². The van der Waals surface area contributed by atoms with Gasteiger partial charge >= 0.3 is 0 Å². The van der Waals surface area contributed by atoms with Gasteiger partial charge in [0.2, 0.25) is 0 Å². The first kappa shape index (κ1) is 13.1. The predicted molar refractivity (Wildman–Crippen MR) is 75.6 cm³/mol. The first-order valence-corrected chi connectivity index (χ1v) is 6.67. The van der Waals surface area contributed by atoms with Gasteiger partial charge in [0.15, 0.2) is 0 Å². The summed E-state index contributed by atoms with van der Waals surface area (Å²) in [4.78, 5) is 9.02. The third kappa shape index (κ3) is 2.74. The van der Waals surface area contributed by atoms with Crippen LogP contribution in [0.25, 0.3) is 0 Å². The van der Waals surface area contributed by atoms with E-state index in [1.165, 1.54) is 6.42 Å². The number of rotatable bonds is 3. The second kappa shape index (κ2) is 4.41. The van der Waals surface area contributed by atoms with E-state index in [0.717, 1.165) is 35.6 Å². The highest BCUT2D eigenvalue weighted by molar-refractivity contribution is 5.55. The van der Waals surface area contributed by atoms with E-state index < -0.39 is 0 Å². The summed E-state index contributed by atoms with van der Waals surface area (Å²) in [6, 6.07) is 0. The molecule has 1 heterocycles. The summed E-state index contributed by atoms with van der Waals surface area (Å²) >= 11 is 0. The van der Waals surface area contributed by atoms with Crippen molar-refractivity contribution in [3.05, 3.63) is 11.4 Å². The van der Waals surface area contributed by atoms with E-state index in [4.69, 9.17) is 5.73 Å². The molecule has 1 aromatic rings. The number of anilines is 2. The minimum Gasteiger partial charge on any atom is -0.383 e. The van der Waals surface area contributed by atoms with E-state index in [1.54, 1.807) is 0 Å². The molecule has 2 rings (SSSR count). The van der Waals surface area contributed by atoms with Crippen molar-refractivity contribution in [2.45, 2.75) is 46.5 Å². The van der Waals surface area contributed by atoms with Crippen LogP contribution in [0, 0.1) is 18.8 Å². The van der Waals surface area contributed by atoms with Crippen molar-refractivity contribution in [2.24, 2.45) is 11.8 Å². The lowest BCUT2D eigenvalue weighted by Gasteiger charge is -2.19. The Morgan fingerprint density at radius 3 is 2.44 bits per heavy atom. The van der Waals surface area contributed by atoms with Crippen molar-refractivity contribution in [3.8, 4) is 0 Å². The second-order valence-corrected chi connectivity index (χ2v) is 6.51. The van der Waals surface area contributed by atoms with Gasteiger partial charge in [0, 0.05) is 17.5 Å². The zero-order chi connectivity index (χ0) is 13.5. The Hall–Kier alpha value is -1.32. The number of nitrogens with two attached hydrogens (primary N) is 1. The van der Waals surface area contributed by atoms with Gasteiger partial charge in [-0.3, -0.25) is 0 Å². The number of nitrogens with one attached hydrogen (secondary N) is 1. The van der Waals surface area contributed by atoms with Crippen LogP contribution in [0.3, 0.4) is 0 Å². The molecule has 0 spiro atoms. The highest BCUT2D eigenvalue weighted by Gasteiger charge is 2.32. The molecule has 4 heteroatoms. The van der Waals surface area contributed by atoms with Gasteiger partial charge in [-0.05, 0) is 25.2 Å². The van der Waals surface area contributed by atoms with Crippen LogP contribution < -0.4 is 11.1 Å². The summed E-state index contributed by atoms with van der Waals surface area (Å²) in [6.45, 7) is 11.5. The quantitative estimate of drug-likeness (QED) is 0.863. The van der Waals surface area contributed by atoms with Gasteiger partial charge in [-0.25, -0.2) is 9.97 Å². The molecule has 0 aromatic carbocycles. The summed E-state index contributed by atoms with van der Waals surface area (Å²) in [6.07, 6.45) is 1.32. The fraction of sp³-hybridized carbons (Fsp3) is 0.714. The average Bonchev–Trinajstić information content (AvgIpc) is 2.95. The molecule has 4 nitrogen and oxygen atoms in total. The standard InChI is InChI=1S/C14H24N4/c1-8-6-10(8)7-16-12-9(2)11(15)17-13(18-12)14(3,4)5/h8,10H,6-7H2,1-5H3,(H3,15,16,17,18). The van der Waals surface area contributed by atoms with E-state index in [2.05, 4.69) is 43.0 Å². The average molecular weight is 248 g/mol. The topological polar surface area (TPSA) is 63.8 Å². The Kier molecular flexibility index (Phi) is 3.21. The van der Waals surface area contributed by atoms with Crippen molar-refractivity contribution in [1.82, 2.24) is 9.97 Å². The van der Waals surface area contributed by atoms with Crippen LogP contribution in [-0.4, -0.2) is 16.5 Å². The maximum Gasteiger partial charge on any atom is 0.138 e. The number of hydrogen-bond acceptors (Lipinski definition) is 4. The number of nitrogens with zero attached hydrogens (tertiary/aromatic N) is 2. The number of aromatic nitrogens is 2. The zero-order valence-corrected chi connectivity index (χ0v) is 12.0. The molecule has 0 amide bonds. The lowest BCUT2D eigenvalue weighted by Crippen LogP contribution is -2.20. The van der Waals surface area contributed by atoms with Gasteiger partial charge in [-0.2, -0.15) is 0 Å². The largest absolute Gasteiger partial charge is 0.383 e. The van der Waals surface area contributed by atoms with Crippen LogP contribution in [0.5, 0.6) is 0 Å². The van der Waals surface area contributed by atoms with Gasteiger partial charge in [0.25, 0.3) is 0 Å². The molecule has 2 atom stereocenters. The molecule has 0 aliphatic heterocycles. The minimum absolute atomic E-state index is 0.0783. The summed E-state index contributed by atoms with van der Waals surface area (Å²) in [5, 5.41) is 3.43. The fourth-order valence-corrected chi connectivity index (χ4v) is 1.95. The van der Waals surface area contributed by atoms with Crippen molar-refractivity contribution in [2.75, 3.05) is 17.6 Å². The molecule has 2 unspecified atom stereocenters. The molecule has 18 heavy (non-hydrogen) atoms. The van der Waals surface area contributed by atoms with Crippen molar-refractivity contribution in [3.63, 3.8) is 0 Å². The Morgan fingerprint density at radius 2 is 1.94 bits per heavy atom. The van der Waals surface area contributed by atoms with E-state index in [1.807, 2.05) is 6.92 Å². The van der Waals surface area contributed by atoms with Crippen LogP contribution >= 0.6 is 0 Å². The normalized spacial score (nSPS) is 22.9. The third-order valence-corrected chi connectivity index (χ3v) is 3.66. The Balaban J connectivity index is 2.19. The molecule has 100 valence electrons. The maximum absolute atomic E-state index is 5.98. The molecule has 1 aliphatic rings. The smallest absolute Gasteiger partial charge is 0.138 e. The lowest BCUT2D eigenvalue weighted by atomic mass is 9.95. The van der Waals surface area contributed by atoms with Gasteiger partial charge in [-0.1, -0.05) is 27.7 Å². The van der Waals surface area contributed by atoms with Crippen LogP contribution in [0.15, 0.2) is 0 Å². The predicted octanol–water partition coefficient (Wildman–Crippen LogP) is 2.73. The maximum atomic E-state index is 5.98. The highest BCUT2D eigenvalue weighted by Crippen LogP contribution is 2.37. The summed E-state index contributed by atoms with van der Waals surface area (Å²) in [5.74, 6) is 3.92. The van der Waals surface area contributed by atoms with E-state index >= 15 is 0 Å². The molecule has 1 aliphatic carbocycles. The van der Waals surface area contributed by atoms with Crippen LogP contribution in [0.1, 0.15) is 45.5 Å². The monoisotopic (exact) mass is 248 g/mol. The first-order chi connectivity index (χ1) is 8.29. The fourth-order valence-electron chi connectivity index (χ4n) is 1.95. The Bertz CT molecular complexity index is 448. The van der Waals surface area contributed by atoms with E-state index in [0.29, 0.717) is 5.82 Å². The SMILES string of the molecule is Cc1c(N)nc(C(C)(C)C)nc1NCC1CC1C. The highest BCUT2D eigenvalue weighted by atomic mass is 15.1. The molecule has 0 saturated heterocycles. The molecule has 1 saturated carbocycles. The van der Waals surface area contributed by atoms with Crippen molar-refractivity contribution in [1.29, 1.82) is 0 Å². The van der Waals surface area contributed by atoms with Gasteiger partial charge in [-0.15, -0.1) is 0 Å². The summed E-state index contributed by atoms with van der Waals surface area (Å²) in [7, 11) is 0. The Morgan fingerprint density at radius 1 is 1.33 bits per heavy atom. The molecule has 1 fully saturated rings. The summed E-state index contributed by atoms with van der Waals surface area (Å²) < 4.78 is 0. The molecule has 0 bridgehead atoms. The van der Waals surface area contributed by atoms with Crippen LogP contribution in [0.4, 0.5) is 11.6 Å². The van der Waals surface area contributed by atoms with Crippen molar-refractivity contribution >= 4 is 11.6 Å². The zero-order valence-electron chi connectivity index (χ0n) is 12.0. The molecule has 0 radical (unpaired) electrons. The van der Waals surface area contributed by atoms with E-state index in [9.17, 15) is 0 Å².